The molecule has 0 saturated carbocycles. The number of nitrogens with zero attached hydrogens (tertiary/aromatic N) is 1. The van der Waals surface area contributed by atoms with Crippen LogP contribution in [0.4, 0.5) is 0 Å². The number of rotatable bonds is 6. The minimum absolute atomic E-state index is 0.246. The molecule has 2 amide bonds. The zero-order valence-electron chi connectivity index (χ0n) is 14.6. The molecule has 0 N–H and O–H groups in total. The van der Waals surface area contributed by atoms with Crippen LogP contribution in [-0.2, 0) is 16.1 Å². The summed E-state index contributed by atoms with van der Waals surface area (Å²) in [5.74, 6) is -1.51. The van der Waals surface area contributed by atoms with Crippen LogP contribution in [-0.4, -0.2) is 30.0 Å². The molecule has 0 spiro atoms. The van der Waals surface area contributed by atoms with E-state index in [1.807, 2.05) is 24.3 Å². The van der Waals surface area contributed by atoms with E-state index in [1.54, 1.807) is 26.2 Å². The number of fused-ring (bicyclic) bond motifs is 1. The van der Waals surface area contributed by atoms with Gasteiger partial charge in [0.2, 0.25) is 0 Å². The maximum absolute atomic E-state index is 12.3. The lowest BCUT2D eigenvalue weighted by atomic mass is 10.0. The number of aryl methyl sites for hydroxylation is 1. The Labute approximate surface area is 151 Å². The Morgan fingerprint density at radius 3 is 2.12 bits per heavy atom. The minimum atomic E-state index is -0.610. The van der Waals surface area contributed by atoms with Crippen molar-refractivity contribution in [1.82, 2.24) is 5.06 Å². The molecule has 1 aliphatic heterocycles. The van der Waals surface area contributed by atoms with Crippen molar-refractivity contribution < 1.29 is 24.0 Å². The van der Waals surface area contributed by atoms with Crippen molar-refractivity contribution in [2.45, 2.75) is 19.8 Å². The number of methoxy groups -OCH3 is 1. The fourth-order valence-electron chi connectivity index (χ4n) is 2.72. The Kier molecular flexibility index (Phi) is 5.02. The van der Waals surface area contributed by atoms with Crippen LogP contribution < -0.4 is 4.74 Å². The number of carbonyl (C=O) groups excluding carboxylic acids is 3. The Balaban J connectivity index is 1.58. The number of imide groups is 1. The van der Waals surface area contributed by atoms with Crippen LogP contribution in [0.15, 0.2) is 48.5 Å². The van der Waals surface area contributed by atoms with Crippen molar-refractivity contribution in [3.05, 3.63) is 65.2 Å². The third-order valence-electron chi connectivity index (χ3n) is 4.37. The lowest BCUT2D eigenvalue weighted by molar-refractivity contribution is -0.173. The standard InChI is InChI=1S/C20H19NO5/c1-13(7-8-14-9-11-15(25-2)12-10-14)20(24)26-21-18(22)16-5-3-4-6-17(16)19(21)23/h3-6,9-13H,7-8H2,1-2H3. The van der Waals surface area contributed by atoms with Gasteiger partial charge in [-0.15, -0.1) is 0 Å². The zero-order valence-corrected chi connectivity index (χ0v) is 14.6. The third-order valence-corrected chi connectivity index (χ3v) is 4.37. The van der Waals surface area contributed by atoms with Gasteiger partial charge in [0, 0.05) is 0 Å². The van der Waals surface area contributed by atoms with Crippen LogP contribution in [0.1, 0.15) is 39.6 Å². The molecule has 0 fully saturated rings. The number of hydrogen-bond acceptors (Lipinski definition) is 5. The molecule has 0 aromatic heterocycles. The molecule has 6 heteroatoms. The molecule has 0 bridgehead atoms. The summed E-state index contributed by atoms with van der Waals surface area (Å²) in [6.45, 7) is 1.71. The summed E-state index contributed by atoms with van der Waals surface area (Å²) in [7, 11) is 1.60. The number of hydroxylamine groups is 2. The van der Waals surface area contributed by atoms with Crippen LogP contribution in [0, 0.1) is 5.92 Å². The second-order valence-corrected chi connectivity index (χ2v) is 6.15. The Hall–Kier alpha value is -3.15. The van der Waals surface area contributed by atoms with Gasteiger partial charge in [-0.1, -0.05) is 36.3 Å². The van der Waals surface area contributed by atoms with Gasteiger partial charge in [0.1, 0.15) is 5.75 Å². The van der Waals surface area contributed by atoms with Crippen molar-refractivity contribution in [3.63, 3.8) is 0 Å². The van der Waals surface area contributed by atoms with E-state index in [1.165, 1.54) is 12.1 Å². The van der Waals surface area contributed by atoms with Gasteiger partial charge in [-0.05, 0) is 42.7 Å². The van der Waals surface area contributed by atoms with E-state index in [0.717, 1.165) is 11.3 Å². The summed E-state index contributed by atoms with van der Waals surface area (Å²) in [5, 5.41) is 0.552. The summed E-state index contributed by atoms with van der Waals surface area (Å²) < 4.78 is 5.11. The number of benzene rings is 2. The van der Waals surface area contributed by atoms with Crippen LogP contribution >= 0.6 is 0 Å². The summed E-state index contributed by atoms with van der Waals surface area (Å²) in [4.78, 5) is 41.8. The minimum Gasteiger partial charge on any atom is -0.497 e. The molecule has 0 radical (unpaired) electrons. The first-order valence-electron chi connectivity index (χ1n) is 8.34. The van der Waals surface area contributed by atoms with E-state index in [2.05, 4.69) is 0 Å². The normalized spacial score (nSPS) is 14.2. The highest BCUT2D eigenvalue weighted by atomic mass is 16.7. The van der Waals surface area contributed by atoms with Gasteiger partial charge in [0.05, 0.1) is 24.2 Å². The highest BCUT2D eigenvalue weighted by Gasteiger charge is 2.39. The second kappa shape index (κ2) is 7.39. The van der Waals surface area contributed by atoms with E-state index < -0.39 is 23.7 Å². The summed E-state index contributed by atoms with van der Waals surface area (Å²) in [6.07, 6.45) is 1.21. The molecule has 3 rings (SSSR count). The largest absolute Gasteiger partial charge is 0.497 e. The smallest absolute Gasteiger partial charge is 0.336 e. The molecular formula is C20H19NO5. The van der Waals surface area contributed by atoms with E-state index in [0.29, 0.717) is 17.9 Å². The zero-order chi connectivity index (χ0) is 18.7. The highest BCUT2D eigenvalue weighted by Crippen LogP contribution is 2.24. The van der Waals surface area contributed by atoms with Gasteiger partial charge >= 0.3 is 5.97 Å². The highest BCUT2D eigenvalue weighted by molar-refractivity contribution is 6.20. The topological polar surface area (TPSA) is 72.9 Å². The van der Waals surface area contributed by atoms with Crippen molar-refractivity contribution in [2.24, 2.45) is 5.92 Å². The molecular weight excluding hydrogens is 334 g/mol. The third kappa shape index (κ3) is 3.44. The van der Waals surface area contributed by atoms with Gasteiger partial charge in [0.15, 0.2) is 0 Å². The van der Waals surface area contributed by atoms with Gasteiger partial charge in [0.25, 0.3) is 11.8 Å². The van der Waals surface area contributed by atoms with Gasteiger partial charge in [-0.25, -0.2) is 4.79 Å². The fraction of sp³-hybridized carbons (Fsp3) is 0.250. The summed E-state index contributed by atoms with van der Waals surface area (Å²) >= 11 is 0. The first-order valence-corrected chi connectivity index (χ1v) is 8.34. The molecule has 6 nitrogen and oxygen atoms in total. The number of ether oxygens (including phenoxy) is 1. The Morgan fingerprint density at radius 1 is 1.00 bits per heavy atom. The van der Waals surface area contributed by atoms with Gasteiger partial charge in [-0.3, -0.25) is 9.59 Å². The summed E-state index contributed by atoms with van der Waals surface area (Å²) in [6, 6.07) is 14.0. The number of carbonyl (C=O) groups is 3. The summed E-state index contributed by atoms with van der Waals surface area (Å²) in [5.41, 5.74) is 1.55. The van der Waals surface area contributed by atoms with Crippen LogP contribution in [0.5, 0.6) is 5.75 Å². The van der Waals surface area contributed by atoms with Crippen LogP contribution in [0.3, 0.4) is 0 Å². The monoisotopic (exact) mass is 353 g/mol. The first kappa shape index (κ1) is 17.7. The molecule has 1 heterocycles. The second-order valence-electron chi connectivity index (χ2n) is 6.15. The van der Waals surface area contributed by atoms with Crippen molar-refractivity contribution in [1.29, 1.82) is 0 Å². The van der Waals surface area contributed by atoms with E-state index >= 15 is 0 Å². The lowest BCUT2D eigenvalue weighted by Crippen LogP contribution is -2.34. The van der Waals surface area contributed by atoms with Crippen LogP contribution in [0.25, 0.3) is 0 Å². The molecule has 0 aliphatic carbocycles. The average molecular weight is 353 g/mol. The van der Waals surface area contributed by atoms with Crippen molar-refractivity contribution in [3.8, 4) is 5.75 Å². The van der Waals surface area contributed by atoms with Crippen LogP contribution in [0.2, 0.25) is 0 Å². The number of amides is 2. The average Bonchev–Trinajstić information content (AvgIpc) is 2.91. The molecule has 1 atom stereocenters. The Bertz CT molecular complexity index is 809. The van der Waals surface area contributed by atoms with Gasteiger partial charge < -0.3 is 9.57 Å². The molecule has 2 aromatic carbocycles. The molecule has 1 aliphatic rings. The number of hydrogen-bond donors (Lipinski definition) is 0. The lowest BCUT2D eigenvalue weighted by Gasteiger charge is -2.16. The maximum Gasteiger partial charge on any atom is 0.336 e. The first-order chi connectivity index (χ1) is 12.5. The predicted octanol–water partition coefficient (Wildman–Crippen LogP) is 3.02. The van der Waals surface area contributed by atoms with Crippen molar-refractivity contribution >= 4 is 17.8 Å². The maximum atomic E-state index is 12.3. The molecule has 0 saturated heterocycles. The van der Waals surface area contributed by atoms with Gasteiger partial charge in [-0.2, -0.15) is 0 Å². The molecule has 1 unspecified atom stereocenters. The molecule has 2 aromatic rings. The van der Waals surface area contributed by atoms with E-state index in [-0.39, 0.29) is 11.1 Å². The quantitative estimate of drug-likeness (QED) is 0.747. The fourth-order valence-corrected chi connectivity index (χ4v) is 2.72. The predicted molar refractivity (Wildman–Crippen MR) is 93.5 cm³/mol. The Morgan fingerprint density at radius 2 is 1.58 bits per heavy atom. The molecule has 134 valence electrons. The van der Waals surface area contributed by atoms with E-state index in [4.69, 9.17) is 9.57 Å². The van der Waals surface area contributed by atoms with Crippen molar-refractivity contribution in [2.75, 3.05) is 7.11 Å². The van der Waals surface area contributed by atoms with E-state index in [9.17, 15) is 14.4 Å². The SMILES string of the molecule is COc1ccc(CCC(C)C(=O)ON2C(=O)c3ccccc3C2=O)cc1. The molecule has 26 heavy (non-hydrogen) atoms.